The SMILES string of the molecule is CO[C@@](C(=O)N1CCC2(CC1)CC(=O)NC[C@H]2c1ccc2c(c1)OCO2)(c1ccccc1)C(F)(F)F. The number of hydrogen-bond acceptors (Lipinski definition) is 5. The smallest absolute Gasteiger partial charge is 0.430 e. The quantitative estimate of drug-likeness (QED) is 0.687. The number of ether oxygens (including phenoxy) is 3. The van der Waals surface area contributed by atoms with Crippen LogP contribution in [0, 0.1) is 5.41 Å². The van der Waals surface area contributed by atoms with Gasteiger partial charge in [0.1, 0.15) is 0 Å². The Kier molecular flexibility index (Phi) is 6.10. The van der Waals surface area contributed by atoms with E-state index in [9.17, 15) is 22.8 Å². The van der Waals surface area contributed by atoms with E-state index in [1.165, 1.54) is 29.2 Å². The Balaban J connectivity index is 1.42. The number of hydrogen-bond donors (Lipinski definition) is 1. The highest BCUT2D eigenvalue weighted by molar-refractivity contribution is 5.88. The fourth-order valence-electron chi connectivity index (χ4n) is 5.84. The van der Waals surface area contributed by atoms with Gasteiger partial charge in [-0.05, 0) is 36.0 Å². The van der Waals surface area contributed by atoms with Gasteiger partial charge in [-0.25, -0.2) is 0 Å². The molecule has 0 aromatic heterocycles. The van der Waals surface area contributed by atoms with Crippen LogP contribution in [0.5, 0.6) is 11.5 Å². The average Bonchev–Trinajstić information content (AvgIpc) is 3.33. The fraction of sp³-hybridized carbons (Fsp3) is 0.462. The maximum atomic E-state index is 14.4. The molecule has 2 fully saturated rings. The van der Waals surface area contributed by atoms with Gasteiger partial charge in [-0.1, -0.05) is 36.4 Å². The summed E-state index contributed by atoms with van der Waals surface area (Å²) in [6.07, 6.45) is -3.95. The molecule has 2 aromatic rings. The average molecular weight is 505 g/mol. The van der Waals surface area contributed by atoms with Gasteiger partial charge in [0.2, 0.25) is 12.7 Å². The number of methoxy groups -OCH3 is 1. The second-order valence-electron chi connectivity index (χ2n) is 9.55. The van der Waals surface area contributed by atoms with Crippen molar-refractivity contribution >= 4 is 11.8 Å². The lowest BCUT2D eigenvalue weighted by molar-refractivity contribution is -0.271. The Hall–Kier alpha value is -3.27. The van der Waals surface area contributed by atoms with E-state index in [-0.39, 0.29) is 43.7 Å². The molecule has 0 bridgehead atoms. The first-order chi connectivity index (χ1) is 17.2. The number of alkyl halides is 3. The first kappa shape index (κ1) is 24.4. The molecule has 36 heavy (non-hydrogen) atoms. The molecule has 3 aliphatic heterocycles. The fourth-order valence-corrected chi connectivity index (χ4v) is 5.84. The molecular weight excluding hydrogens is 477 g/mol. The number of piperidine rings is 2. The number of nitrogens with zero attached hydrogens (tertiary/aromatic N) is 1. The minimum absolute atomic E-state index is 0.0779. The molecule has 0 aliphatic carbocycles. The van der Waals surface area contributed by atoms with E-state index < -0.39 is 23.1 Å². The summed E-state index contributed by atoms with van der Waals surface area (Å²) in [5.74, 6) is -0.0380. The van der Waals surface area contributed by atoms with E-state index in [1.54, 1.807) is 6.07 Å². The van der Waals surface area contributed by atoms with Crippen LogP contribution >= 0.6 is 0 Å². The first-order valence-electron chi connectivity index (χ1n) is 11.8. The topological polar surface area (TPSA) is 77.1 Å². The van der Waals surface area contributed by atoms with E-state index >= 15 is 0 Å². The van der Waals surface area contributed by atoms with Crippen LogP contribution in [0.4, 0.5) is 13.2 Å². The standard InChI is InChI=1S/C26H27F3N2O5/c1-34-25(26(27,28)29,18-5-3-2-4-6-18)23(33)31-11-9-24(10-12-31)14-22(32)30-15-19(24)17-7-8-20-21(13-17)36-16-35-20/h2-8,13,19H,9-12,14-16H2,1H3,(H,30,32)/t19-,25+/m0/s1. The molecule has 10 heteroatoms. The Morgan fingerprint density at radius 1 is 1.08 bits per heavy atom. The van der Waals surface area contributed by atoms with Crippen LogP contribution in [0.25, 0.3) is 0 Å². The normalized spacial score (nSPS) is 22.7. The van der Waals surface area contributed by atoms with E-state index in [1.807, 2.05) is 18.2 Å². The zero-order valence-corrected chi connectivity index (χ0v) is 19.8. The van der Waals surface area contributed by atoms with Crippen LogP contribution in [-0.4, -0.2) is 56.4 Å². The van der Waals surface area contributed by atoms with Gasteiger partial charge >= 0.3 is 6.18 Å². The lowest BCUT2D eigenvalue weighted by atomic mass is 9.62. The molecule has 5 rings (SSSR count). The van der Waals surface area contributed by atoms with Gasteiger partial charge in [0.05, 0.1) is 0 Å². The van der Waals surface area contributed by atoms with Gasteiger partial charge in [-0.2, -0.15) is 13.2 Å². The van der Waals surface area contributed by atoms with E-state index in [0.717, 1.165) is 12.7 Å². The van der Waals surface area contributed by atoms with Gasteiger partial charge in [0.15, 0.2) is 11.5 Å². The minimum atomic E-state index is -4.96. The van der Waals surface area contributed by atoms with Crippen molar-refractivity contribution in [3.05, 3.63) is 59.7 Å². The van der Waals surface area contributed by atoms with Crippen molar-refractivity contribution in [3.8, 4) is 11.5 Å². The summed E-state index contributed by atoms with van der Waals surface area (Å²) in [5, 5.41) is 2.92. The van der Waals surface area contributed by atoms with Crippen molar-refractivity contribution in [2.75, 3.05) is 33.5 Å². The number of benzene rings is 2. The summed E-state index contributed by atoms with van der Waals surface area (Å²) in [4.78, 5) is 27.1. The third-order valence-electron chi connectivity index (χ3n) is 7.79. The monoisotopic (exact) mass is 504 g/mol. The number of likely N-dealkylation sites (tertiary alicyclic amines) is 1. The zero-order chi connectivity index (χ0) is 25.6. The van der Waals surface area contributed by atoms with Crippen LogP contribution in [0.2, 0.25) is 0 Å². The van der Waals surface area contributed by atoms with Gasteiger partial charge in [0.25, 0.3) is 11.5 Å². The lowest BCUT2D eigenvalue weighted by Crippen LogP contribution is -2.60. The zero-order valence-electron chi connectivity index (χ0n) is 19.8. The second kappa shape index (κ2) is 8.99. The van der Waals surface area contributed by atoms with Crippen molar-refractivity contribution in [3.63, 3.8) is 0 Å². The Bertz CT molecular complexity index is 1150. The molecule has 1 N–H and O–H groups in total. The Labute approximate surface area is 206 Å². The summed E-state index contributed by atoms with van der Waals surface area (Å²) >= 11 is 0. The molecule has 3 aliphatic rings. The highest BCUT2D eigenvalue weighted by atomic mass is 19.4. The van der Waals surface area contributed by atoms with Crippen molar-refractivity contribution in [1.29, 1.82) is 0 Å². The molecule has 0 radical (unpaired) electrons. The number of halogens is 3. The summed E-state index contributed by atoms with van der Waals surface area (Å²) in [7, 11) is 0.908. The number of fused-ring (bicyclic) bond motifs is 1. The highest BCUT2D eigenvalue weighted by Crippen LogP contribution is 2.51. The molecule has 7 nitrogen and oxygen atoms in total. The molecular formula is C26H27F3N2O5. The van der Waals surface area contributed by atoms with E-state index in [0.29, 0.717) is 30.9 Å². The molecule has 0 unspecified atom stereocenters. The molecule has 2 saturated heterocycles. The van der Waals surface area contributed by atoms with Gasteiger partial charge in [-0.15, -0.1) is 0 Å². The number of amides is 2. The van der Waals surface area contributed by atoms with Crippen molar-refractivity contribution < 1.29 is 37.0 Å². The van der Waals surface area contributed by atoms with Crippen LogP contribution in [0.1, 0.15) is 36.3 Å². The maximum absolute atomic E-state index is 14.4. The molecule has 1 spiro atoms. The van der Waals surface area contributed by atoms with Gasteiger partial charge in [-0.3, -0.25) is 9.59 Å². The maximum Gasteiger partial charge on any atom is 0.430 e. The summed E-state index contributed by atoms with van der Waals surface area (Å²) < 4.78 is 59.1. The Morgan fingerprint density at radius 3 is 2.44 bits per heavy atom. The molecule has 2 amide bonds. The third-order valence-corrected chi connectivity index (χ3v) is 7.79. The van der Waals surface area contributed by atoms with Crippen molar-refractivity contribution in [2.24, 2.45) is 5.41 Å². The summed E-state index contributed by atoms with van der Waals surface area (Å²) in [6.45, 7) is 0.716. The summed E-state index contributed by atoms with van der Waals surface area (Å²) in [5.41, 5.74) is -2.89. The largest absolute Gasteiger partial charge is 0.454 e. The number of carbonyl (C=O) groups is 2. The number of nitrogens with one attached hydrogen (secondary N) is 1. The highest BCUT2D eigenvalue weighted by Gasteiger charge is 2.64. The second-order valence-corrected chi connectivity index (χ2v) is 9.55. The predicted octanol–water partition coefficient (Wildman–Crippen LogP) is 3.73. The Morgan fingerprint density at radius 2 is 1.78 bits per heavy atom. The number of carbonyl (C=O) groups excluding carboxylic acids is 2. The van der Waals surface area contributed by atoms with Crippen LogP contribution in [0.15, 0.2) is 48.5 Å². The third kappa shape index (κ3) is 3.87. The van der Waals surface area contributed by atoms with Crippen molar-refractivity contribution in [2.45, 2.75) is 37.0 Å². The molecule has 2 atom stereocenters. The number of rotatable bonds is 4. The predicted molar refractivity (Wildman–Crippen MR) is 122 cm³/mol. The molecule has 3 heterocycles. The van der Waals surface area contributed by atoms with E-state index in [4.69, 9.17) is 14.2 Å². The van der Waals surface area contributed by atoms with E-state index in [2.05, 4.69) is 5.32 Å². The minimum Gasteiger partial charge on any atom is -0.454 e. The molecule has 0 saturated carbocycles. The van der Waals surface area contributed by atoms with Crippen LogP contribution in [0.3, 0.4) is 0 Å². The summed E-state index contributed by atoms with van der Waals surface area (Å²) in [6, 6.07) is 12.6. The van der Waals surface area contributed by atoms with Crippen molar-refractivity contribution in [1.82, 2.24) is 10.2 Å². The van der Waals surface area contributed by atoms with Crippen LogP contribution < -0.4 is 14.8 Å². The van der Waals surface area contributed by atoms with Gasteiger partial charge < -0.3 is 24.4 Å². The molecule has 2 aromatic carbocycles. The van der Waals surface area contributed by atoms with Gasteiger partial charge in [0, 0.05) is 44.6 Å². The lowest BCUT2D eigenvalue weighted by Gasteiger charge is -2.50. The molecule has 192 valence electrons. The van der Waals surface area contributed by atoms with Crippen LogP contribution in [-0.2, 0) is 19.9 Å². The first-order valence-corrected chi connectivity index (χ1v) is 11.8.